The Morgan fingerprint density at radius 1 is 1.04 bits per heavy atom. The van der Waals surface area contributed by atoms with Gasteiger partial charge in [-0.1, -0.05) is 72.7 Å². The summed E-state index contributed by atoms with van der Waals surface area (Å²) in [7, 11) is 0. The van der Waals surface area contributed by atoms with E-state index in [1.165, 1.54) is 17.0 Å². The number of halogens is 1. The maximum Gasteiger partial charge on any atom is 0.355 e. The van der Waals surface area contributed by atoms with E-state index in [4.69, 9.17) is 46.4 Å². The number of allylic oxidation sites excluding steroid dienone is 1. The van der Waals surface area contributed by atoms with E-state index in [0.717, 1.165) is 25.7 Å². The topological polar surface area (TPSA) is 179 Å². The Balaban J connectivity index is 1.59. The van der Waals surface area contributed by atoms with Crippen LogP contribution in [0.15, 0.2) is 79.3 Å². The zero-order chi connectivity index (χ0) is 38.9. The fraction of sp³-hybridized carbons (Fsp3) is 0.342. The molecule has 1 N–H and O–H groups in total. The highest BCUT2D eigenvalue weighted by Gasteiger charge is 2.63. The van der Waals surface area contributed by atoms with Crippen LogP contribution in [0.5, 0.6) is 0 Å². The van der Waals surface area contributed by atoms with Crippen molar-refractivity contribution in [2.24, 2.45) is 0 Å². The summed E-state index contributed by atoms with van der Waals surface area (Å²) >= 11 is 6.39. The summed E-state index contributed by atoms with van der Waals surface area (Å²) in [6, 6.07) is 18.1. The number of esters is 4. The highest BCUT2D eigenvalue weighted by atomic mass is 35.5. The van der Waals surface area contributed by atoms with E-state index in [0.29, 0.717) is 12.1 Å². The molecule has 0 aliphatic carbocycles. The van der Waals surface area contributed by atoms with E-state index in [1.807, 2.05) is 30.3 Å². The Morgan fingerprint density at radius 3 is 2.33 bits per heavy atom. The lowest BCUT2D eigenvalue weighted by Gasteiger charge is -2.34. The Labute approximate surface area is 315 Å². The summed E-state index contributed by atoms with van der Waals surface area (Å²) in [5.74, 6) is -1.09. The number of aromatic nitrogens is 4. The summed E-state index contributed by atoms with van der Waals surface area (Å²) in [5.41, 5.74) is -2.71. The lowest BCUT2D eigenvalue weighted by Crippen LogP contribution is -2.57. The van der Waals surface area contributed by atoms with Crippen molar-refractivity contribution in [3.8, 4) is 12.3 Å². The second-order valence-electron chi connectivity index (χ2n) is 12.0. The van der Waals surface area contributed by atoms with Crippen molar-refractivity contribution < 1.29 is 47.6 Å². The van der Waals surface area contributed by atoms with Gasteiger partial charge in [-0.25, -0.2) is 14.6 Å². The Kier molecular flexibility index (Phi) is 12.6. The molecule has 0 saturated carbocycles. The van der Waals surface area contributed by atoms with Crippen LogP contribution < -0.4 is 5.32 Å². The molecule has 282 valence electrons. The first-order valence-electron chi connectivity index (χ1n) is 16.8. The van der Waals surface area contributed by atoms with Crippen LogP contribution in [-0.4, -0.2) is 80.0 Å². The molecule has 0 amide bonds. The molecule has 1 aliphatic rings. The van der Waals surface area contributed by atoms with Crippen LogP contribution in [0.3, 0.4) is 0 Å². The second-order valence-corrected chi connectivity index (χ2v) is 12.3. The largest absolute Gasteiger partial charge is 0.463 e. The molecule has 16 heteroatoms. The number of nitrogens with one attached hydrogen (secondary N) is 1. The molecular formula is C38H38ClN5O10. The van der Waals surface area contributed by atoms with E-state index < -0.39 is 60.1 Å². The number of hydrogen-bond donors (Lipinski definition) is 1. The normalized spacial score (nSPS) is 20.5. The van der Waals surface area contributed by atoms with Gasteiger partial charge in [0.15, 0.2) is 23.2 Å². The quantitative estimate of drug-likeness (QED) is 0.0447. The summed E-state index contributed by atoms with van der Waals surface area (Å²) in [4.78, 5) is 66.1. The van der Waals surface area contributed by atoms with E-state index in [2.05, 4.69) is 26.2 Å². The van der Waals surface area contributed by atoms with Gasteiger partial charge in [0.05, 0.1) is 25.8 Å². The molecule has 0 spiro atoms. The molecule has 54 heavy (non-hydrogen) atoms. The second kappa shape index (κ2) is 17.3. The van der Waals surface area contributed by atoms with Crippen LogP contribution >= 0.6 is 11.6 Å². The third-order valence-corrected chi connectivity index (χ3v) is 8.46. The van der Waals surface area contributed by atoms with Crippen molar-refractivity contribution in [3.05, 3.63) is 95.7 Å². The molecule has 4 aromatic rings. The lowest BCUT2D eigenvalue weighted by atomic mass is 9.91. The molecule has 1 unspecified atom stereocenters. The first-order chi connectivity index (χ1) is 26.0. The average Bonchev–Trinajstić information content (AvgIpc) is 3.70. The van der Waals surface area contributed by atoms with Gasteiger partial charge in [-0.15, -0.1) is 6.42 Å². The van der Waals surface area contributed by atoms with Gasteiger partial charge in [0.2, 0.25) is 17.0 Å². The van der Waals surface area contributed by atoms with Gasteiger partial charge < -0.3 is 33.7 Å². The molecule has 15 nitrogen and oxygen atoms in total. The van der Waals surface area contributed by atoms with Crippen LogP contribution in [0.2, 0.25) is 5.28 Å². The number of carbonyl (C=O) groups excluding carboxylic acids is 4. The highest BCUT2D eigenvalue weighted by Crippen LogP contribution is 2.44. The first kappa shape index (κ1) is 39.4. The van der Waals surface area contributed by atoms with Gasteiger partial charge in [-0.05, 0) is 36.6 Å². The molecule has 0 radical (unpaired) electrons. The number of rotatable bonds is 15. The molecule has 5 atom stereocenters. The predicted octanol–water partition coefficient (Wildman–Crippen LogP) is 4.49. The molecular weight excluding hydrogens is 722 g/mol. The van der Waals surface area contributed by atoms with Gasteiger partial charge in [-0.2, -0.15) is 9.97 Å². The summed E-state index contributed by atoms with van der Waals surface area (Å²) < 4.78 is 36.2. The number of ether oxygens (including phenoxy) is 6. The van der Waals surface area contributed by atoms with E-state index in [9.17, 15) is 19.2 Å². The number of nitrogens with zero attached hydrogens (tertiary/aromatic N) is 4. The number of fused-ring (bicyclic) bond motifs is 1. The van der Waals surface area contributed by atoms with E-state index >= 15 is 0 Å². The zero-order valence-corrected chi connectivity index (χ0v) is 30.6. The molecule has 5 rings (SSSR count). The van der Waals surface area contributed by atoms with Crippen LogP contribution in [-0.2, 0) is 60.6 Å². The number of imidazole rings is 1. The molecule has 3 heterocycles. The Hall–Kier alpha value is -5.82. The number of hydrogen-bond acceptors (Lipinski definition) is 14. The summed E-state index contributed by atoms with van der Waals surface area (Å²) in [6.45, 7) is 5.00. The number of carbonyl (C=O) groups is 4. The van der Waals surface area contributed by atoms with Gasteiger partial charge in [-0.3, -0.25) is 14.2 Å². The third kappa shape index (κ3) is 8.36. The Bertz CT molecular complexity index is 2050. The zero-order valence-electron chi connectivity index (χ0n) is 29.9. The molecule has 2 aromatic carbocycles. The number of anilines is 1. The van der Waals surface area contributed by atoms with Gasteiger partial charge in [0, 0.05) is 26.8 Å². The summed E-state index contributed by atoms with van der Waals surface area (Å²) in [5, 5.41) is 3.06. The maximum atomic E-state index is 13.8. The fourth-order valence-electron chi connectivity index (χ4n) is 5.95. The molecule has 2 aromatic heterocycles. The first-order valence-corrected chi connectivity index (χ1v) is 17.2. The number of terminal acetylenes is 1. The highest BCUT2D eigenvalue weighted by molar-refractivity contribution is 6.28. The maximum absolute atomic E-state index is 13.8. The SMILES string of the molecule is C#C[C@@]1(OC(C)=O)[C@@H](COC(Cc2ccccc2)(C(=O)OC=CC)C(=O)OCC)O[C@@H](n2cnc3c(NCc4ccccc4)nc(Cl)nc32)[C@@H]1OC(C)=O. The van der Waals surface area contributed by atoms with E-state index in [1.54, 1.807) is 44.2 Å². The molecule has 1 saturated heterocycles. The third-order valence-electron chi connectivity index (χ3n) is 8.29. The monoisotopic (exact) mass is 759 g/mol. The Morgan fingerprint density at radius 2 is 1.72 bits per heavy atom. The van der Waals surface area contributed by atoms with Crippen molar-refractivity contribution in [2.75, 3.05) is 18.5 Å². The molecule has 1 fully saturated rings. The van der Waals surface area contributed by atoms with Crippen molar-refractivity contribution in [2.45, 2.75) is 70.3 Å². The van der Waals surface area contributed by atoms with Crippen LogP contribution in [0.1, 0.15) is 45.0 Å². The van der Waals surface area contributed by atoms with Crippen LogP contribution in [0.25, 0.3) is 11.2 Å². The van der Waals surface area contributed by atoms with Crippen LogP contribution in [0.4, 0.5) is 5.82 Å². The van der Waals surface area contributed by atoms with Gasteiger partial charge >= 0.3 is 23.9 Å². The van der Waals surface area contributed by atoms with Crippen molar-refractivity contribution >= 4 is 52.5 Å². The van der Waals surface area contributed by atoms with Crippen molar-refractivity contribution in [1.82, 2.24) is 19.5 Å². The predicted molar refractivity (Wildman–Crippen MR) is 193 cm³/mol. The molecule has 1 aliphatic heterocycles. The van der Waals surface area contributed by atoms with Crippen LogP contribution in [0, 0.1) is 12.3 Å². The van der Waals surface area contributed by atoms with E-state index in [-0.39, 0.29) is 35.3 Å². The average molecular weight is 760 g/mol. The standard InChI is InChI=1S/C38H38ClN5O10/c1-6-19-50-35(48)38(34(47)49-8-3,20-26-15-11-9-12-16-26)51-22-28-37(7-2,54-25(5)46)30(52-24(4)45)33(53-28)44-23-41-29-31(42-36(39)43-32(29)44)40-21-27-17-13-10-14-18-27/h2,6,9-19,23,28,30,33H,8,20-22H2,1,3-5H3,(H,40,42,43)/t28-,30+,33-,37-,38?/m1/s1. The minimum Gasteiger partial charge on any atom is -0.463 e. The minimum absolute atomic E-state index is 0.103. The smallest absolute Gasteiger partial charge is 0.355 e. The number of benzene rings is 2. The van der Waals surface area contributed by atoms with Crippen molar-refractivity contribution in [3.63, 3.8) is 0 Å². The summed E-state index contributed by atoms with van der Waals surface area (Å²) in [6.07, 6.45) is 5.24. The van der Waals surface area contributed by atoms with Crippen molar-refractivity contribution in [1.29, 1.82) is 0 Å². The fourth-order valence-corrected chi connectivity index (χ4v) is 6.12. The minimum atomic E-state index is -2.41. The molecule has 0 bridgehead atoms. The van der Waals surface area contributed by atoms with Gasteiger partial charge in [0.25, 0.3) is 5.60 Å². The lowest BCUT2D eigenvalue weighted by molar-refractivity contribution is -0.198. The van der Waals surface area contributed by atoms with Gasteiger partial charge in [0.1, 0.15) is 6.10 Å².